The fourth-order valence-corrected chi connectivity index (χ4v) is 2.21. The first-order chi connectivity index (χ1) is 9.35. The van der Waals surface area contributed by atoms with Gasteiger partial charge in [-0.1, -0.05) is 0 Å². The van der Waals surface area contributed by atoms with E-state index in [9.17, 15) is 4.79 Å². The zero-order chi connectivity index (χ0) is 14.8. The van der Waals surface area contributed by atoms with Gasteiger partial charge in [-0.2, -0.15) is 0 Å². The fraction of sp³-hybridized carbons (Fsp3) is 0.667. The third-order valence-electron chi connectivity index (χ3n) is 3.14. The van der Waals surface area contributed by atoms with Crippen molar-refractivity contribution in [2.45, 2.75) is 51.9 Å². The zero-order valence-electron chi connectivity index (χ0n) is 12.6. The summed E-state index contributed by atoms with van der Waals surface area (Å²) in [6.45, 7) is 8.80. The number of nitrogens with zero attached hydrogens (tertiary/aromatic N) is 1. The van der Waals surface area contributed by atoms with Gasteiger partial charge in [-0.3, -0.25) is 0 Å². The molecule has 1 aromatic rings. The van der Waals surface area contributed by atoms with E-state index in [1.54, 1.807) is 11.2 Å². The van der Waals surface area contributed by atoms with Crippen molar-refractivity contribution < 1.29 is 18.7 Å². The second-order valence-electron chi connectivity index (χ2n) is 6.13. The van der Waals surface area contributed by atoms with Crippen molar-refractivity contribution in [3.63, 3.8) is 0 Å². The molecule has 1 aliphatic rings. The first kappa shape index (κ1) is 14.9. The molecule has 1 amide bonds. The summed E-state index contributed by atoms with van der Waals surface area (Å²) >= 11 is 0. The quantitative estimate of drug-likeness (QED) is 0.852. The lowest BCUT2D eigenvalue weighted by Crippen LogP contribution is -2.36. The second-order valence-corrected chi connectivity index (χ2v) is 6.13. The lowest BCUT2D eigenvalue weighted by molar-refractivity contribution is -0.0125. The van der Waals surface area contributed by atoms with Crippen molar-refractivity contribution in [3.05, 3.63) is 24.2 Å². The Morgan fingerprint density at radius 2 is 2.25 bits per heavy atom. The number of furan rings is 1. The van der Waals surface area contributed by atoms with Gasteiger partial charge in [-0.15, -0.1) is 0 Å². The fourth-order valence-electron chi connectivity index (χ4n) is 2.21. The molecule has 0 spiro atoms. The Bertz CT molecular complexity index is 435. The SMILES string of the molecule is C[C@@H](O[C@@H]1CCN(C(=O)OC(C)(C)C)C1)c1ccco1. The molecular formula is C15H23NO4. The molecule has 2 rings (SSSR count). The van der Waals surface area contributed by atoms with E-state index >= 15 is 0 Å². The van der Waals surface area contributed by atoms with Gasteiger partial charge in [0.15, 0.2) is 0 Å². The van der Waals surface area contributed by atoms with E-state index in [0.717, 1.165) is 12.2 Å². The number of amides is 1. The summed E-state index contributed by atoms with van der Waals surface area (Å²) < 4.78 is 16.6. The predicted octanol–water partition coefficient (Wildman–Crippen LogP) is 3.37. The molecule has 20 heavy (non-hydrogen) atoms. The molecule has 1 saturated heterocycles. The van der Waals surface area contributed by atoms with Crippen molar-refractivity contribution in [1.82, 2.24) is 4.90 Å². The highest BCUT2D eigenvalue weighted by molar-refractivity contribution is 5.68. The second kappa shape index (κ2) is 5.87. The molecule has 0 aromatic carbocycles. The molecule has 2 atom stereocenters. The largest absolute Gasteiger partial charge is 0.467 e. The average Bonchev–Trinajstić information content (AvgIpc) is 2.97. The van der Waals surface area contributed by atoms with Crippen LogP contribution in [0.25, 0.3) is 0 Å². The van der Waals surface area contributed by atoms with Crippen molar-refractivity contribution in [2.24, 2.45) is 0 Å². The number of rotatable bonds is 3. The number of likely N-dealkylation sites (tertiary alicyclic amines) is 1. The van der Waals surface area contributed by atoms with Gasteiger partial charge in [0.1, 0.15) is 17.5 Å². The molecule has 0 aliphatic carbocycles. The maximum Gasteiger partial charge on any atom is 0.410 e. The van der Waals surface area contributed by atoms with Gasteiger partial charge >= 0.3 is 6.09 Å². The molecule has 1 aromatic heterocycles. The van der Waals surface area contributed by atoms with Crippen LogP contribution in [0.3, 0.4) is 0 Å². The third-order valence-corrected chi connectivity index (χ3v) is 3.14. The van der Waals surface area contributed by atoms with Crippen LogP contribution in [0.4, 0.5) is 4.79 Å². The molecule has 5 heteroatoms. The summed E-state index contributed by atoms with van der Waals surface area (Å²) in [7, 11) is 0. The molecule has 5 nitrogen and oxygen atoms in total. The Hall–Kier alpha value is -1.49. The van der Waals surface area contributed by atoms with E-state index < -0.39 is 5.60 Å². The van der Waals surface area contributed by atoms with Gasteiger partial charge in [-0.25, -0.2) is 4.79 Å². The lowest BCUT2D eigenvalue weighted by Gasteiger charge is -2.24. The van der Waals surface area contributed by atoms with Crippen molar-refractivity contribution in [2.75, 3.05) is 13.1 Å². The minimum Gasteiger partial charge on any atom is -0.467 e. The summed E-state index contributed by atoms with van der Waals surface area (Å²) in [5.41, 5.74) is -0.461. The van der Waals surface area contributed by atoms with Gasteiger partial charge in [0.2, 0.25) is 0 Å². The van der Waals surface area contributed by atoms with E-state index in [-0.39, 0.29) is 18.3 Å². The van der Waals surface area contributed by atoms with E-state index in [1.807, 2.05) is 39.8 Å². The zero-order valence-corrected chi connectivity index (χ0v) is 12.6. The van der Waals surface area contributed by atoms with Crippen LogP contribution in [-0.2, 0) is 9.47 Å². The van der Waals surface area contributed by atoms with E-state index in [2.05, 4.69) is 0 Å². The molecule has 0 saturated carbocycles. The first-order valence-electron chi connectivity index (χ1n) is 7.02. The molecule has 2 heterocycles. The highest BCUT2D eigenvalue weighted by Crippen LogP contribution is 2.24. The molecule has 1 aliphatic heterocycles. The highest BCUT2D eigenvalue weighted by Gasteiger charge is 2.31. The summed E-state index contributed by atoms with van der Waals surface area (Å²) in [6.07, 6.45) is 2.12. The number of ether oxygens (including phenoxy) is 2. The van der Waals surface area contributed by atoms with Crippen LogP contribution in [-0.4, -0.2) is 35.8 Å². The first-order valence-corrected chi connectivity index (χ1v) is 7.02. The molecule has 0 radical (unpaired) electrons. The summed E-state index contributed by atoms with van der Waals surface area (Å²) in [6, 6.07) is 3.74. The van der Waals surface area contributed by atoms with Crippen LogP contribution in [0.5, 0.6) is 0 Å². The summed E-state index contributed by atoms with van der Waals surface area (Å²) in [5.74, 6) is 0.806. The lowest BCUT2D eigenvalue weighted by atomic mass is 10.2. The molecule has 0 N–H and O–H groups in total. The number of hydrogen-bond donors (Lipinski definition) is 0. The maximum absolute atomic E-state index is 12.0. The number of hydrogen-bond acceptors (Lipinski definition) is 4. The van der Waals surface area contributed by atoms with Gasteiger partial charge in [0, 0.05) is 6.54 Å². The van der Waals surface area contributed by atoms with Crippen LogP contribution < -0.4 is 0 Å². The van der Waals surface area contributed by atoms with E-state index in [0.29, 0.717) is 13.1 Å². The van der Waals surface area contributed by atoms with E-state index in [4.69, 9.17) is 13.9 Å². The van der Waals surface area contributed by atoms with Gasteiger partial charge in [0.25, 0.3) is 0 Å². The molecule has 1 fully saturated rings. The Morgan fingerprint density at radius 3 is 2.85 bits per heavy atom. The van der Waals surface area contributed by atoms with Gasteiger partial charge < -0.3 is 18.8 Å². The van der Waals surface area contributed by atoms with Crippen LogP contribution in [0, 0.1) is 0 Å². The standard InChI is InChI=1S/C15H23NO4/c1-11(13-6-5-9-18-13)19-12-7-8-16(10-12)14(17)20-15(2,3)4/h5-6,9,11-12H,7-8,10H2,1-4H3/t11-,12-/m1/s1. The van der Waals surface area contributed by atoms with Gasteiger partial charge in [0.05, 0.1) is 18.9 Å². The Morgan fingerprint density at radius 1 is 1.50 bits per heavy atom. The molecule has 0 bridgehead atoms. The van der Waals surface area contributed by atoms with Crippen LogP contribution >= 0.6 is 0 Å². The average molecular weight is 281 g/mol. The Labute approximate surface area is 119 Å². The number of carbonyl (C=O) groups excluding carboxylic acids is 1. The third kappa shape index (κ3) is 4.00. The van der Waals surface area contributed by atoms with Crippen LogP contribution in [0.1, 0.15) is 46.0 Å². The molecule has 0 unspecified atom stereocenters. The minimum atomic E-state index is -0.461. The van der Waals surface area contributed by atoms with Crippen LogP contribution in [0.2, 0.25) is 0 Å². The summed E-state index contributed by atoms with van der Waals surface area (Å²) in [5, 5.41) is 0. The smallest absolute Gasteiger partial charge is 0.410 e. The van der Waals surface area contributed by atoms with E-state index in [1.165, 1.54) is 0 Å². The topological polar surface area (TPSA) is 51.9 Å². The predicted molar refractivity (Wildman–Crippen MR) is 74.4 cm³/mol. The van der Waals surface area contributed by atoms with Gasteiger partial charge in [-0.05, 0) is 46.2 Å². The van der Waals surface area contributed by atoms with Crippen molar-refractivity contribution in [1.29, 1.82) is 0 Å². The number of carbonyl (C=O) groups is 1. The normalized spacial score (nSPS) is 21.0. The monoisotopic (exact) mass is 281 g/mol. The summed E-state index contributed by atoms with van der Waals surface area (Å²) in [4.78, 5) is 13.6. The highest BCUT2D eigenvalue weighted by atomic mass is 16.6. The van der Waals surface area contributed by atoms with Crippen molar-refractivity contribution in [3.8, 4) is 0 Å². The molecular weight excluding hydrogens is 258 g/mol. The van der Waals surface area contributed by atoms with Crippen molar-refractivity contribution >= 4 is 6.09 Å². The Kier molecular flexibility index (Phi) is 4.38. The minimum absolute atomic E-state index is 0.0302. The maximum atomic E-state index is 12.0. The Balaban J connectivity index is 1.82. The van der Waals surface area contributed by atoms with Crippen LogP contribution in [0.15, 0.2) is 22.8 Å². The molecule has 112 valence electrons.